The number of ketones is 1. The van der Waals surface area contributed by atoms with E-state index in [9.17, 15) is 9.59 Å². The quantitative estimate of drug-likeness (QED) is 0.460. The Hall–Kier alpha value is -4.27. The summed E-state index contributed by atoms with van der Waals surface area (Å²) in [7, 11) is 1.49. The maximum atomic E-state index is 13.6. The molecule has 1 fully saturated rings. The zero-order chi connectivity index (χ0) is 24.4. The van der Waals surface area contributed by atoms with Crippen molar-refractivity contribution < 1.29 is 14.3 Å². The van der Waals surface area contributed by atoms with E-state index in [-0.39, 0.29) is 29.4 Å². The monoisotopic (exact) mass is 470 g/mol. The Balaban J connectivity index is 1.38. The summed E-state index contributed by atoms with van der Waals surface area (Å²) in [5.41, 5.74) is 9.21. The number of hydrogen-bond donors (Lipinski definition) is 1. The molecule has 1 amide bonds. The summed E-state index contributed by atoms with van der Waals surface area (Å²) in [6.07, 6.45) is 5.35. The number of Topliss-reactive ketones (excluding diaryl/α,β-unsaturated/α-hetero) is 1. The zero-order valence-corrected chi connectivity index (χ0v) is 19.4. The molecular weight excluding hydrogens is 444 g/mol. The summed E-state index contributed by atoms with van der Waals surface area (Å²) >= 11 is 0. The third-order valence-electron chi connectivity index (χ3n) is 6.35. The molecule has 5 rings (SSSR count). The number of fused-ring (bicyclic) bond motifs is 1. The van der Waals surface area contributed by atoms with Gasteiger partial charge in [0.25, 0.3) is 5.91 Å². The average Bonchev–Trinajstić information content (AvgIpc) is 3.27. The minimum atomic E-state index is -0.193. The second-order valence-electron chi connectivity index (χ2n) is 8.69. The van der Waals surface area contributed by atoms with Gasteiger partial charge in [-0.2, -0.15) is 4.98 Å². The Morgan fingerprint density at radius 3 is 2.77 bits per heavy atom. The van der Waals surface area contributed by atoms with E-state index in [1.807, 2.05) is 42.5 Å². The van der Waals surface area contributed by atoms with Crippen LogP contribution in [-0.2, 0) is 11.2 Å². The highest BCUT2D eigenvalue weighted by atomic mass is 16.5. The van der Waals surface area contributed by atoms with Gasteiger partial charge >= 0.3 is 0 Å². The predicted molar refractivity (Wildman–Crippen MR) is 131 cm³/mol. The molecule has 0 aliphatic carbocycles. The molecule has 1 saturated heterocycles. The Kier molecular flexibility index (Phi) is 6.13. The molecule has 0 radical (unpaired) electrons. The molecule has 1 aliphatic rings. The number of likely N-dealkylation sites (tertiary alicyclic amines) is 1. The number of benzene rings is 1. The molecule has 4 heterocycles. The van der Waals surface area contributed by atoms with Gasteiger partial charge in [0, 0.05) is 43.4 Å². The largest absolute Gasteiger partial charge is 0.480 e. The van der Waals surface area contributed by atoms with Crippen LogP contribution in [0.1, 0.15) is 28.8 Å². The Labute approximate surface area is 202 Å². The molecule has 1 unspecified atom stereocenters. The average molecular weight is 471 g/mol. The van der Waals surface area contributed by atoms with Gasteiger partial charge in [-0.05, 0) is 42.2 Å². The van der Waals surface area contributed by atoms with Crippen LogP contribution in [0.3, 0.4) is 0 Å². The number of aromatic nitrogens is 4. The molecule has 1 aliphatic heterocycles. The van der Waals surface area contributed by atoms with Gasteiger partial charge in [-0.1, -0.05) is 30.3 Å². The number of amides is 1. The lowest BCUT2D eigenvalue weighted by atomic mass is 9.90. The van der Waals surface area contributed by atoms with Crippen LogP contribution in [0, 0.1) is 5.92 Å². The number of ether oxygens (including phenoxy) is 1. The van der Waals surface area contributed by atoms with Crippen LogP contribution in [0.5, 0.6) is 5.88 Å². The number of pyridine rings is 2. The lowest BCUT2D eigenvalue weighted by Crippen LogP contribution is -2.42. The molecule has 9 heteroatoms. The minimum absolute atomic E-state index is 0.161. The number of carbonyl (C=O) groups excluding carboxylic acids is 2. The van der Waals surface area contributed by atoms with Crippen molar-refractivity contribution in [3.8, 4) is 17.0 Å². The zero-order valence-electron chi connectivity index (χ0n) is 19.4. The van der Waals surface area contributed by atoms with E-state index >= 15 is 0 Å². The van der Waals surface area contributed by atoms with Crippen LogP contribution >= 0.6 is 0 Å². The fourth-order valence-corrected chi connectivity index (χ4v) is 4.54. The molecule has 3 aromatic heterocycles. The van der Waals surface area contributed by atoms with Crippen molar-refractivity contribution in [2.75, 3.05) is 25.9 Å². The van der Waals surface area contributed by atoms with Crippen LogP contribution in [-0.4, -0.2) is 56.4 Å². The molecule has 1 aromatic carbocycles. The predicted octanol–water partition coefficient (Wildman–Crippen LogP) is 3.05. The topological polar surface area (TPSA) is 116 Å². The summed E-state index contributed by atoms with van der Waals surface area (Å²) in [4.78, 5) is 36.8. The van der Waals surface area contributed by atoms with Crippen LogP contribution in [0.4, 0.5) is 5.95 Å². The first kappa shape index (κ1) is 22.5. The smallest absolute Gasteiger partial charge is 0.259 e. The van der Waals surface area contributed by atoms with Gasteiger partial charge in [0.1, 0.15) is 11.3 Å². The SMILES string of the molecule is COc1ncc(-c2ccn3nc(N)nc3c2)cc1C(=O)N1CCCC(C(=O)Cc2ccccc2)C1. The first-order valence-corrected chi connectivity index (χ1v) is 11.5. The minimum Gasteiger partial charge on any atom is -0.480 e. The highest BCUT2D eigenvalue weighted by molar-refractivity contribution is 5.98. The van der Waals surface area contributed by atoms with Crippen LogP contribution in [0.25, 0.3) is 16.8 Å². The second kappa shape index (κ2) is 9.54. The van der Waals surface area contributed by atoms with Crippen molar-refractivity contribution in [1.29, 1.82) is 0 Å². The number of methoxy groups -OCH3 is 1. The molecule has 35 heavy (non-hydrogen) atoms. The molecule has 9 nitrogen and oxygen atoms in total. The van der Waals surface area contributed by atoms with Crippen LogP contribution < -0.4 is 10.5 Å². The van der Waals surface area contributed by atoms with Crippen molar-refractivity contribution in [2.45, 2.75) is 19.3 Å². The van der Waals surface area contributed by atoms with Gasteiger partial charge < -0.3 is 15.4 Å². The summed E-state index contributed by atoms with van der Waals surface area (Å²) in [6.45, 7) is 0.981. The van der Waals surface area contributed by atoms with E-state index in [1.54, 1.807) is 27.9 Å². The third-order valence-corrected chi connectivity index (χ3v) is 6.35. The number of nitrogen functional groups attached to an aromatic ring is 1. The van der Waals surface area contributed by atoms with Crippen molar-refractivity contribution in [3.63, 3.8) is 0 Å². The summed E-state index contributed by atoms with van der Waals surface area (Å²) < 4.78 is 6.99. The maximum absolute atomic E-state index is 13.6. The molecule has 0 bridgehead atoms. The highest BCUT2D eigenvalue weighted by Crippen LogP contribution is 2.28. The first-order valence-electron chi connectivity index (χ1n) is 11.5. The van der Waals surface area contributed by atoms with E-state index < -0.39 is 0 Å². The maximum Gasteiger partial charge on any atom is 0.259 e. The van der Waals surface area contributed by atoms with Gasteiger partial charge in [-0.3, -0.25) is 9.59 Å². The van der Waals surface area contributed by atoms with Crippen molar-refractivity contribution >= 4 is 23.3 Å². The Morgan fingerprint density at radius 1 is 1.14 bits per heavy atom. The molecular formula is C26H26N6O3. The number of nitrogens with zero attached hydrogens (tertiary/aromatic N) is 5. The van der Waals surface area contributed by atoms with Gasteiger partial charge in [0.05, 0.1) is 7.11 Å². The number of rotatable bonds is 6. The number of piperidine rings is 1. The summed E-state index contributed by atoms with van der Waals surface area (Å²) in [5.74, 6) is 0.224. The fourth-order valence-electron chi connectivity index (χ4n) is 4.54. The molecule has 0 spiro atoms. The Bertz CT molecular complexity index is 1380. The van der Waals surface area contributed by atoms with E-state index in [1.165, 1.54) is 7.11 Å². The van der Waals surface area contributed by atoms with Gasteiger partial charge in [0.15, 0.2) is 5.65 Å². The normalized spacial score (nSPS) is 15.8. The van der Waals surface area contributed by atoms with Crippen LogP contribution in [0.2, 0.25) is 0 Å². The van der Waals surface area contributed by atoms with E-state index in [0.29, 0.717) is 30.7 Å². The number of carbonyl (C=O) groups is 2. The molecule has 2 N–H and O–H groups in total. The lowest BCUT2D eigenvalue weighted by Gasteiger charge is -2.32. The van der Waals surface area contributed by atoms with Crippen molar-refractivity contribution in [3.05, 3.63) is 72.1 Å². The number of anilines is 1. The van der Waals surface area contributed by atoms with Crippen LogP contribution in [0.15, 0.2) is 60.9 Å². The fraction of sp³-hybridized carbons (Fsp3) is 0.269. The number of nitrogens with two attached hydrogens (primary N) is 1. The summed E-state index contributed by atoms with van der Waals surface area (Å²) in [6, 6.07) is 15.2. The first-order chi connectivity index (χ1) is 17.0. The second-order valence-corrected chi connectivity index (χ2v) is 8.69. The third kappa shape index (κ3) is 4.70. The van der Waals surface area contributed by atoms with Gasteiger partial charge in [-0.15, -0.1) is 5.10 Å². The Morgan fingerprint density at radius 2 is 1.97 bits per heavy atom. The van der Waals surface area contributed by atoms with E-state index in [0.717, 1.165) is 29.5 Å². The van der Waals surface area contributed by atoms with Gasteiger partial charge in [0.2, 0.25) is 11.8 Å². The molecule has 0 saturated carbocycles. The summed E-state index contributed by atoms with van der Waals surface area (Å²) in [5, 5.41) is 4.09. The van der Waals surface area contributed by atoms with Gasteiger partial charge in [-0.25, -0.2) is 9.50 Å². The standard InChI is InChI=1S/C26H26N6O3/c1-35-24-21(13-20(15-28-24)18-9-11-32-23(14-18)29-26(27)30-32)25(34)31-10-5-8-19(16-31)22(33)12-17-6-3-2-4-7-17/h2-4,6-7,9,11,13-15,19H,5,8,10,12,16H2,1H3,(H2,27,30). The van der Waals surface area contributed by atoms with E-state index in [2.05, 4.69) is 15.1 Å². The lowest BCUT2D eigenvalue weighted by molar-refractivity contribution is -0.123. The molecule has 4 aromatic rings. The molecule has 1 atom stereocenters. The highest BCUT2D eigenvalue weighted by Gasteiger charge is 2.30. The molecule has 178 valence electrons. The van der Waals surface area contributed by atoms with E-state index in [4.69, 9.17) is 10.5 Å². The number of hydrogen-bond acceptors (Lipinski definition) is 7. The van der Waals surface area contributed by atoms with Crippen molar-refractivity contribution in [2.24, 2.45) is 5.92 Å². The van der Waals surface area contributed by atoms with Crippen molar-refractivity contribution in [1.82, 2.24) is 24.5 Å².